The average Bonchev–Trinajstić information content (AvgIpc) is 2.14. The van der Waals surface area contributed by atoms with Crippen LogP contribution in [0.2, 0.25) is 0 Å². The van der Waals surface area contributed by atoms with Gasteiger partial charge in [0.05, 0.1) is 12.6 Å². The van der Waals surface area contributed by atoms with Crippen LogP contribution in [0.15, 0.2) is 0 Å². The Morgan fingerprint density at radius 2 is 2.40 bits per heavy atom. The van der Waals surface area contributed by atoms with Crippen molar-refractivity contribution in [2.45, 2.75) is 13.0 Å². The molecular weight excluding hydrogens is 132 g/mol. The van der Waals surface area contributed by atoms with E-state index in [1.54, 1.807) is 6.92 Å². The molecule has 1 rings (SSSR count). The van der Waals surface area contributed by atoms with Gasteiger partial charge in [0.25, 0.3) is 0 Å². The molecule has 0 aliphatic carbocycles. The van der Waals surface area contributed by atoms with E-state index in [-0.39, 0.29) is 18.2 Å². The van der Waals surface area contributed by atoms with E-state index in [4.69, 9.17) is 5.73 Å². The molecule has 1 fully saturated rings. The van der Waals surface area contributed by atoms with E-state index in [2.05, 4.69) is 5.32 Å². The first kappa shape index (κ1) is 7.21. The van der Waals surface area contributed by atoms with Gasteiger partial charge in [-0.2, -0.15) is 0 Å². The molecule has 0 spiro atoms. The Labute approximate surface area is 58.8 Å². The van der Waals surface area contributed by atoms with Crippen molar-refractivity contribution in [1.82, 2.24) is 5.32 Å². The Bertz CT molecular complexity index is 179. The van der Waals surface area contributed by atoms with Crippen molar-refractivity contribution in [3.63, 3.8) is 0 Å². The molecule has 0 aromatic rings. The second kappa shape index (κ2) is 2.38. The lowest BCUT2D eigenvalue weighted by molar-refractivity contribution is -0.124. The third kappa shape index (κ3) is 1.02. The van der Waals surface area contributed by atoms with Crippen LogP contribution in [0.3, 0.4) is 0 Å². The van der Waals surface area contributed by atoms with Gasteiger partial charge in [-0.3, -0.25) is 14.9 Å². The highest BCUT2D eigenvalue weighted by molar-refractivity contribution is 5.94. The lowest BCUT2D eigenvalue weighted by Crippen LogP contribution is -2.39. The molecule has 56 valence electrons. The van der Waals surface area contributed by atoms with Gasteiger partial charge in [0, 0.05) is 5.92 Å². The Balaban J connectivity index is 2.66. The Morgan fingerprint density at radius 1 is 1.80 bits per heavy atom. The Kier molecular flexibility index (Phi) is 1.72. The van der Waals surface area contributed by atoms with Gasteiger partial charge in [0.1, 0.15) is 0 Å². The zero-order valence-corrected chi connectivity index (χ0v) is 5.76. The van der Waals surface area contributed by atoms with Crippen molar-refractivity contribution < 1.29 is 9.59 Å². The van der Waals surface area contributed by atoms with Crippen molar-refractivity contribution in [2.75, 3.05) is 6.54 Å². The van der Waals surface area contributed by atoms with E-state index in [1.807, 2.05) is 0 Å². The largest absolute Gasteiger partial charge is 0.368 e. The summed E-state index contributed by atoms with van der Waals surface area (Å²) >= 11 is 0. The molecular formula is C6H10N2O2. The summed E-state index contributed by atoms with van der Waals surface area (Å²) in [6.45, 7) is 1.98. The summed E-state index contributed by atoms with van der Waals surface area (Å²) in [5.41, 5.74) is 5.00. The molecule has 0 unspecified atom stereocenters. The third-order valence-electron chi connectivity index (χ3n) is 1.81. The minimum atomic E-state index is -0.451. The smallest absolute Gasteiger partial charge is 0.235 e. The molecule has 3 N–H and O–H groups in total. The molecule has 1 amide bonds. The maximum absolute atomic E-state index is 10.8. The maximum Gasteiger partial charge on any atom is 0.235 e. The number of Topliss-reactive ketones (excluding diaryl/α,β-unsaturated/α-hetero) is 1. The summed E-state index contributed by atoms with van der Waals surface area (Å²) in [4.78, 5) is 21.4. The van der Waals surface area contributed by atoms with E-state index >= 15 is 0 Å². The number of carbonyl (C=O) groups excluding carboxylic acids is 2. The number of ketones is 1. The molecule has 1 aliphatic rings. The molecule has 0 aromatic heterocycles. The number of hydrogen-bond donors (Lipinski definition) is 2. The van der Waals surface area contributed by atoms with Crippen LogP contribution in [0, 0.1) is 5.92 Å². The molecule has 0 bridgehead atoms. The lowest BCUT2D eigenvalue weighted by Gasteiger charge is -2.07. The van der Waals surface area contributed by atoms with Gasteiger partial charge in [0.15, 0.2) is 5.78 Å². The fourth-order valence-corrected chi connectivity index (χ4v) is 1.08. The van der Waals surface area contributed by atoms with Gasteiger partial charge in [-0.25, -0.2) is 0 Å². The molecule has 4 nitrogen and oxygen atoms in total. The number of rotatable bonds is 1. The number of nitrogens with two attached hydrogens (primary N) is 1. The van der Waals surface area contributed by atoms with Crippen LogP contribution in [0.25, 0.3) is 0 Å². The minimum absolute atomic E-state index is 0.0591. The minimum Gasteiger partial charge on any atom is -0.368 e. The molecule has 4 heteroatoms. The van der Waals surface area contributed by atoms with Crippen molar-refractivity contribution in [3.8, 4) is 0 Å². The molecule has 1 aliphatic heterocycles. The summed E-state index contributed by atoms with van der Waals surface area (Å²) in [7, 11) is 0. The normalized spacial score (nSPS) is 32.7. The highest BCUT2D eigenvalue weighted by atomic mass is 16.2. The fourth-order valence-electron chi connectivity index (χ4n) is 1.08. The SMILES string of the molecule is C[C@H]1C(=O)CN[C@@H]1C(N)=O. The lowest BCUT2D eigenvalue weighted by atomic mass is 10.0. The van der Waals surface area contributed by atoms with Gasteiger partial charge in [-0.15, -0.1) is 0 Å². The molecule has 1 saturated heterocycles. The summed E-state index contributed by atoms with van der Waals surface area (Å²) in [5, 5.41) is 2.73. The van der Waals surface area contributed by atoms with Crippen LogP contribution in [0.4, 0.5) is 0 Å². The van der Waals surface area contributed by atoms with Crippen molar-refractivity contribution >= 4 is 11.7 Å². The quantitative estimate of drug-likeness (QED) is 0.475. The topological polar surface area (TPSA) is 72.2 Å². The van der Waals surface area contributed by atoms with E-state index in [1.165, 1.54) is 0 Å². The summed E-state index contributed by atoms with van der Waals surface area (Å²) in [6, 6.07) is -0.451. The third-order valence-corrected chi connectivity index (χ3v) is 1.81. The van der Waals surface area contributed by atoms with Crippen LogP contribution in [0.1, 0.15) is 6.92 Å². The zero-order chi connectivity index (χ0) is 7.72. The molecule has 0 saturated carbocycles. The van der Waals surface area contributed by atoms with Crippen LogP contribution < -0.4 is 11.1 Å². The van der Waals surface area contributed by atoms with Crippen molar-refractivity contribution in [1.29, 1.82) is 0 Å². The second-order valence-electron chi connectivity index (χ2n) is 2.52. The molecule has 1 heterocycles. The Hall–Kier alpha value is -0.900. The standard InChI is InChI=1S/C6H10N2O2/c1-3-4(9)2-8-5(3)6(7)10/h3,5,8H,2H2,1H3,(H2,7,10)/t3-,5-/m0/s1. The number of primary amides is 1. The van der Waals surface area contributed by atoms with Crippen LogP contribution in [0.5, 0.6) is 0 Å². The molecule has 0 aromatic carbocycles. The van der Waals surface area contributed by atoms with Gasteiger partial charge < -0.3 is 5.73 Å². The molecule has 2 atom stereocenters. The summed E-state index contributed by atoms with van der Waals surface area (Å²) in [6.07, 6.45) is 0. The van der Waals surface area contributed by atoms with Crippen LogP contribution in [-0.4, -0.2) is 24.3 Å². The first-order chi connectivity index (χ1) is 4.63. The predicted molar refractivity (Wildman–Crippen MR) is 35.2 cm³/mol. The molecule has 10 heavy (non-hydrogen) atoms. The van der Waals surface area contributed by atoms with Crippen molar-refractivity contribution in [3.05, 3.63) is 0 Å². The zero-order valence-electron chi connectivity index (χ0n) is 5.76. The van der Waals surface area contributed by atoms with Crippen LogP contribution in [-0.2, 0) is 9.59 Å². The van der Waals surface area contributed by atoms with E-state index in [0.717, 1.165) is 0 Å². The monoisotopic (exact) mass is 142 g/mol. The van der Waals surface area contributed by atoms with Gasteiger partial charge in [-0.05, 0) is 0 Å². The fraction of sp³-hybridized carbons (Fsp3) is 0.667. The van der Waals surface area contributed by atoms with E-state index < -0.39 is 11.9 Å². The van der Waals surface area contributed by atoms with Gasteiger partial charge >= 0.3 is 0 Å². The van der Waals surface area contributed by atoms with Crippen LogP contribution >= 0.6 is 0 Å². The number of hydrogen-bond acceptors (Lipinski definition) is 3. The predicted octanol–water partition coefficient (Wildman–Crippen LogP) is -1.35. The maximum atomic E-state index is 10.8. The van der Waals surface area contributed by atoms with Gasteiger partial charge in [0.2, 0.25) is 5.91 Å². The highest BCUT2D eigenvalue weighted by Crippen LogP contribution is 2.09. The second-order valence-corrected chi connectivity index (χ2v) is 2.52. The molecule has 0 radical (unpaired) electrons. The first-order valence-electron chi connectivity index (χ1n) is 3.18. The highest BCUT2D eigenvalue weighted by Gasteiger charge is 2.33. The van der Waals surface area contributed by atoms with Crippen molar-refractivity contribution in [2.24, 2.45) is 11.7 Å². The number of carbonyl (C=O) groups is 2. The first-order valence-corrected chi connectivity index (χ1v) is 3.18. The van der Waals surface area contributed by atoms with E-state index in [0.29, 0.717) is 0 Å². The number of nitrogens with one attached hydrogen (secondary N) is 1. The van der Waals surface area contributed by atoms with Gasteiger partial charge in [-0.1, -0.05) is 6.92 Å². The average molecular weight is 142 g/mol. The summed E-state index contributed by atoms with van der Waals surface area (Å²) < 4.78 is 0. The number of amides is 1. The van der Waals surface area contributed by atoms with E-state index in [9.17, 15) is 9.59 Å². The Morgan fingerprint density at radius 3 is 2.60 bits per heavy atom. The summed E-state index contributed by atoms with van der Waals surface area (Å²) in [5.74, 6) is -0.639.